The highest BCUT2D eigenvalue weighted by Gasteiger charge is 2.42. The third-order valence-electron chi connectivity index (χ3n) is 5.95. The number of ether oxygens (including phenoxy) is 1. The van der Waals surface area contributed by atoms with E-state index in [1.807, 2.05) is 54.6 Å². The zero-order chi connectivity index (χ0) is 23.7. The maximum Gasteiger partial charge on any atom is 0.290 e. The summed E-state index contributed by atoms with van der Waals surface area (Å²) in [7, 11) is 0. The highest BCUT2D eigenvalue weighted by molar-refractivity contribution is 6.31. The van der Waals surface area contributed by atoms with Crippen LogP contribution in [-0.2, 0) is 6.42 Å². The van der Waals surface area contributed by atoms with Crippen LogP contribution in [0.4, 0.5) is 0 Å². The first kappa shape index (κ1) is 22.0. The van der Waals surface area contributed by atoms with Crippen molar-refractivity contribution < 1.29 is 13.9 Å². The molecule has 0 N–H and O–H groups in total. The Morgan fingerprint density at radius 3 is 2.65 bits per heavy atom. The molecular weight excluding hydrogens is 450 g/mol. The van der Waals surface area contributed by atoms with E-state index in [2.05, 4.69) is 6.58 Å². The fraction of sp³-hybridized carbons (Fsp3) is 0.143. The minimum Gasteiger partial charge on any atom is -0.490 e. The SMILES string of the molecule is C=CCOc1cccc(C2c3c(oc4ccc(Cl)cc4c3=O)C(=O)N2CCc2ccccc2)c1. The van der Waals surface area contributed by atoms with Crippen LogP contribution in [0.25, 0.3) is 11.0 Å². The Morgan fingerprint density at radius 2 is 1.85 bits per heavy atom. The van der Waals surface area contributed by atoms with Crippen LogP contribution in [0.3, 0.4) is 0 Å². The summed E-state index contributed by atoms with van der Waals surface area (Å²) in [5, 5.41) is 0.786. The number of carbonyl (C=O) groups is 1. The maximum atomic E-state index is 13.6. The topological polar surface area (TPSA) is 59.8 Å². The third-order valence-corrected chi connectivity index (χ3v) is 6.19. The van der Waals surface area contributed by atoms with Gasteiger partial charge in [0.1, 0.15) is 17.9 Å². The number of nitrogens with zero attached hydrogens (tertiary/aromatic N) is 1. The van der Waals surface area contributed by atoms with Gasteiger partial charge in [-0.15, -0.1) is 0 Å². The predicted octanol–water partition coefficient (Wildman–Crippen LogP) is 5.80. The van der Waals surface area contributed by atoms with Crippen molar-refractivity contribution >= 4 is 28.5 Å². The maximum absolute atomic E-state index is 13.6. The molecule has 170 valence electrons. The smallest absolute Gasteiger partial charge is 0.290 e. The van der Waals surface area contributed by atoms with Crippen molar-refractivity contribution in [2.24, 2.45) is 0 Å². The summed E-state index contributed by atoms with van der Waals surface area (Å²) >= 11 is 6.16. The summed E-state index contributed by atoms with van der Waals surface area (Å²) in [6, 6.07) is 21.6. The van der Waals surface area contributed by atoms with Crippen LogP contribution in [0.5, 0.6) is 5.75 Å². The van der Waals surface area contributed by atoms with E-state index < -0.39 is 6.04 Å². The summed E-state index contributed by atoms with van der Waals surface area (Å²) in [5.41, 5.74) is 2.29. The van der Waals surface area contributed by atoms with Crippen LogP contribution in [-0.4, -0.2) is 24.0 Å². The van der Waals surface area contributed by atoms with Crippen molar-refractivity contribution in [2.45, 2.75) is 12.5 Å². The third kappa shape index (κ3) is 3.99. The molecule has 1 aliphatic heterocycles. The lowest BCUT2D eigenvalue weighted by Gasteiger charge is -2.25. The number of hydrogen-bond donors (Lipinski definition) is 0. The standard InChI is InChI=1S/C28H22ClNO4/c1-2-15-33-21-10-6-9-19(16-21)25-24-26(31)22-17-20(29)11-12-23(22)34-27(24)28(32)30(25)14-13-18-7-4-3-5-8-18/h2-12,16-17,25H,1,13-15H2. The van der Waals surface area contributed by atoms with Crippen molar-refractivity contribution in [1.29, 1.82) is 0 Å². The van der Waals surface area contributed by atoms with Crippen LogP contribution in [0.15, 0.2) is 94.7 Å². The molecule has 0 saturated heterocycles. The van der Waals surface area contributed by atoms with Crippen molar-refractivity contribution in [3.05, 3.63) is 123 Å². The molecule has 0 radical (unpaired) electrons. The van der Waals surface area contributed by atoms with E-state index in [-0.39, 0.29) is 17.1 Å². The largest absolute Gasteiger partial charge is 0.490 e. The van der Waals surface area contributed by atoms with E-state index in [9.17, 15) is 9.59 Å². The highest BCUT2D eigenvalue weighted by atomic mass is 35.5. The van der Waals surface area contributed by atoms with Gasteiger partial charge in [0.05, 0.1) is 17.0 Å². The van der Waals surface area contributed by atoms with Crippen LogP contribution < -0.4 is 10.2 Å². The van der Waals surface area contributed by atoms with Gasteiger partial charge in [-0.25, -0.2) is 0 Å². The second-order valence-corrected chi connectivity index (χ2v) is 8.56. The van der Waals surface area contributed by atoms with Crippen molar-refractivity contribution in [2.75, 3.05) is 13.2 Å². The molecule has 5 nitrogen and oxygen atoms in total. The number of halogens is 1. The van der Waals surface area contributed by atoms with Gasteiger partial charge in [0.25, 0.3) is 5.91 Å². The monoisotopic (exact) mass is 471 g/mol. The normalized spacial score (nSPS) is 14.9. The Kier molecular flexibility index (Phi) is 5.95. The van der Waals surface area contributed by atoms with Crippen molar-refractivity contribution in [1.82, 2.24) is 4.90 Å². The fourth-order valence-corrected chi connectivity index (χ4v) is 4.57. The summed E-state index contributed by atoms with van der Waals surface area (Å²) < 4.78 is 11.7. The molecule has 5 rings (SSSR count). The minimum atomic E-state index is -0.599. The zero-order valence-electron chi connectivity index (χ0n) is 18.4. The van der Waals surface area contributed by atoms with Gasteiger partial charge < -0.3 is 14.1 Å². The Morgan fingerprint density at radius 1 is 1.03 bits per heavy atom. The van der Waals surface area contributed by atoms with Crippen molar-refractivity contribution in [3.63, 3.8) is 0 Å². The van der Waals surface area contributed by atoms with Gasteiger partial charge in [-0.3, -0.25) is 9.59 Å². The Balaban J connectivity index is 1.64. The van der Waals surface area contributed by atoms with E-state index >= 15 is 0 Å². The number of hydrogen-bond acceptors (Lipinski definition) is 4. The van der Waals surface area contributed by atoms with Gasteiger partial charge in [-0.05, 0) is 47.9 Å². The van der Waals surface area contributed by atoms with Crippen molar-refractivity contribution in [3.8, 4) is 5.75 Å². The molecule has 0 saturated carbocycles. The first-order valence-corrected chi connectivity index (χ1v) is 11.4. The van der Waals surface area contributed by atoms with E-state index in [0.717, 1.165) is 11.1 Å². The lowest BCUT2D eigenvalue weighted by molar-refractivity contribution is 0.0730. The quantitative estimate of drug-likeness (QED) is 0.320. The molecule has 34 heavy (non-hydrogen) atoms. The number of amides is 1. The Bertz CT molecular complexity index is 1440. The van der Waals surface area contributed by atoms with Crippen LogP contribution in [0, 0.1) is 0 Å². The van der Waals surface area contributed by atoms with E-state index in [4.69, 9.17) is 20.8 Å². The zero-order valence-corrected chi connectivity index (χ0v) is 19.1. The number of carbonyl (C=O) groups excluding carboxylic acids is 1. The summed E-state index contributed by atoms with van der Waals surface area (Å²) in [5.74, 6) is 0.409. The molecule has 4 aromatic rings. The first-order valence-electron chi connectivity index (χ1n) is 11.0. The van der Waals surface area contributed by atoms with Crippen LogP contribution >= 0.6 is 11.6 Å². The first-order chi connectivity index (χ1) is 16.6. The fourth-order valence-electron chi connectivity index (χ4n) is 4.39. The lowest BCUT2D eigenvalue weighted by Crippen LogP contribution is -2.31. The summed E-state index contributed by atoms with van der Waals surface area (Å²) in [6.07, 6.45) is 2.31. The van der Waals surface area contributed by atoms with Gasteiger partial charge in [-0.1, -0.05) is 66.7 Å². The van der Waals surface area contributed by atoms with E-state index in [1.54, 1.807) is 29.2 Å². The Labute approximate surface area is 201 Å². The molecule has 1 aliphatic rings. The molecule has 0 spiro atoms. The molecule has 1 amide bonds. The number of fused-ring (bicyclic) bond motifs is 2. The molecule has 2 heterocycles. The molecule has 1 atom stereocenters. The minimum absolute atomic E-state index is 0.0790. The predicted molar refractivity (Wildman–Crippen MR) is 133 cm³/mol. The second kappa shape index (κ2) is 9.20. The van der Waals surface area contributed by atoms with Gasteiger partial charge >= 0.3 is 0 Å². The number of rotatable bonds is 7. The summed E-state index contributed by atoms with van der Waals surface area (Å²) in [6.45, 7) is 4.46. The molecule has 0 bridgehead atoms. The molecule has 0 fully saturated rings. The second-order valence-electron chi connectivity index (χ2n) is 8.12. The summed E-state index contributed by atoms with van der Waals surface area (Å²) in [4.78, 5) is 28.9. The number of benzene rings is 3. The lowest BCUT2D eigenvalue weighted by atomic mass is 9.98. The molecule has 1 aromatic heterocycles. The average Bonchev–Trinajstić information content (AvgIpc) is 3.14. The molecular formula is C28H22ClNO4. The average molecular weight is 472 g/mol. The van der Waals surface area contributed by atoms with Gasteiger partial charge in [0.15, 0.2) is 5.43 Å². The van der Waals surface area contributed by atoms with Crippen LogP contribution in [0.1, 0.15) is 33.3 Å². The van der Waals surface area contributed by atoms with E-state index in [0.29, 0.717) is 46.9 Å². The van der Waals surface area contributed by atoms with E-state index in [1.165, 1.54) is 0 Å². The Hall–Kier alpha value is -3.83. The molecule has 3 aromatic carbocycles. The van der Waals surface area contributed by atoms with Crippen LogP contribution in [0.2, 0.25) is 5.02 Å². The van der Waals surface area contributed by atoms with Gasteiger partial charge in [0, 0.05) is 11.6 Å². The highest BCUT2D eigenvalue weighted by Crippen LogP contribution is 2.39. The van der Waals surface area contributed by atoms with Gasteiger partial charge in [-0.2, -0.15) is 0 Å². The molecule has 6 heteroatoms. The molecule has 0 aliphatic carbocycles. The van der Waals surface area contributed by atoms with Gasteiger partial charge in [0.2, 0.25) is 5.76 Å². The molecule has 1 unspecified atom stereocenters.